The Labute approximate surface area is 594 Å². The summed E-state index contributed by atoms with van der Waals surface area (Å²) in [5.74, 6) is 2.87. The third-order valence-corrected chi connectivity index (χ3v) is 15.7. The van der Waals surface area contributed by atoms with Crippen molar-refractivity contribution in [3.63, 3.8) is 0 Å². The van der Waals surface area contributed by atoms with Crippen LogP contribution < -0.4 is 37.6 Å². The Hall–Kier alpha value is -4.52. The molecule has 0 radical (unpaired) electrons. The van der Waals surface area contributed by atoms with E-state index in [2.05, 4.69) is 169 Å². The smallest absolute Gasteiger partial charge is 0.217 e. The highest BCUT2D eigenvalue weighted by Gasteiger charge is 2.30. The zero-order valence-electron chi connectivity index (χ0n) is 67.8. The van der Waals surface area contributed by atoms with E-state index in [9.17, 15) is 47.9 Å². The van der Waals surface area contributed by atoms with E-state index in [1.807, 2.05) is 73.6 Å². The number of primary amides is 1. The number of nitrogens with one attached hydrogen (secondary N) is 6. The van der Waals surface area contributed by atoms with Gasteiger partial charge in [0.05, 0.1) is 36.3 Å². The molecule has 0 aromatic heterocycles. The second-order valence-corrected chi connectivity index (χ2v) is 31.7. The van der Waals surface area contributed by atoms with Crippen LogP contribution in [0.25, 0.3) is 0 Å². The molecule has 0 saturated heterocycles. The summed E-state index contributed by atoms with van der Waals surface area (Å²) in [5, 5.41) is 19.7. The molecule has 0 saturated carbocycles. The number of nitrogens with two attached hydrogens (primary N) is 1. The summed E-state index contributed by atoms with van der Waals surface area (Å²) in [4.78, 5) is 117. The molecule has 566 valence electrons. The van der Waals surface area contributed by atoms with Gasteiger partial charge in [-0.15, -0.1) is 0 Å². The summed E-state index contributed by atoms with van der Waals surface area (Å²) < 4.78 is 0. The largest absolute Gasteiger partial charge is 0.370 e. The van der Waals surface area contributed by atoms with Gasteiger partial charge in [-0.1, -0.05) is 210 Å². The average Bonchev–Trinajstić information content (AvgIpc) is 0.949. The van der Waals surface area contributed by atoms with E-state index >= 15 is 0 Å². The first-order chi connectivity index (χ1) is 44.4. The van der Waals surface area contributed by atoms with Crippen molar-refractivity contribution in [2.75, 3.05) is 0 Å². The van der Waals surface area contributed by atoms with Gasteiger partial charge in [-0.3, -0.25) is 47.9 Å². The van der Waals surface area contributed by atoms with Gasteiger partial charge in [0.1, 0.15) is 46.3 Å². The van der Waals surface area contributed by atoms with E-state index in [0.29, 0.717) is 67.0 Å². The monoisotopic (exact) mass is 1370 g/mol. The van der Waals surface area contributed by atoms with Crippen LogP contribution in [0.4, 0.5) is 0 Å². The van der Waals surface area contributed by atoms with Crippen LogP contribution in [0.15, 0.2) is 30.3 Å². The van der Waals surface area contributed by atoms with Gasteiger partial charge in [-0.05, 0) is 127 Å². The quantitative estimate of drug-likeness (QED) is 0.0320. The van der Waals surface area contributed by atoms with Crippen LogP contribution in [0.3, 0.4) is 0 Å². The minimum absolute atomic E-state index is 0.0231. The lowest BCUT2D eigenvalue weighted by Gasteiger charge is -2.25. The molecule has 9 unspecified atom stereocenters. The highest BCUT2D eigenvalue weighted by molar-refractivity contribution is 5.91. The Morgan fingerprint density at radius 3 is 0.948 bits per heavy atom. The number of ketones is 9. The van der Waals surface area contributed by atoms with Gasteiger partial charge in [0, 0.05) is 79.7 Å². The Morgan fingerprint density at radius 1 is 0.330 bits per heavy atom. The number of Topliss-reactive ketones (excluding diaryl/α,β-unsaturated/α-hetero) is 9. The first-order valence-corrected chi connectivity index (χ1v) is 36.9. The number of amides is 1. The number of hydrogen-bond acceptors (Lipinski definition) is 16. The molecule has 1 rings (SSSR count). The number of benzene rings is 1. The fourth-order valence-electron chi connectivity index (χ4n) is 11.0. The predicted octanol–water partition coefficient (Wildman–Crippen LogP) is 14.0. The summed E-state index contributed by atoms with van der Waals surface area (Å²) in [6.07, 6.45) is 5.59. The molecule has 1 amide bonds. The minimum atomic E-state index is -0.440. The Kier molecular flexibility index (Phi) is 58.6. The average molecular weight is 1370 g/mol. The van der Waals surface area contributed by atoms with E-state index in [1.165, 1.54) is 12.5 Å². The molecule has 0 aliphatic carbocycles. The van der Waals surface area contributed by atoms with E-state index in [-0.39, 0.29) is 143 Å². The summed E-state index contributed by atoms with van der Waals surface area (Å²) in [7, 11) is 0. The van der Waals surface area contributed by atoms with Gasteiger partial charge >= 0.3 is 0 Å². The van der Waals surface area contributed by atoms with Gasteiger partial charge in [0.25, 0.3) is 0 Å². The molecule has 17 heteroatoms. The first-order valence-electron chi connectivity index (χ1n) is 36.9. The van der Waals surface area contributed by atoms with Crippen molar-refractivity contribution >= 4 is 58.0 Å². The Morgan fingerprint density at radius 2 is 0.660 bits per heavy atom. The highest BCUT2D eigenvalue weighted by atomic mass is 16.2. The molecule has 97 heavy (non-hydrogen) atoms. The fraction of sp³-hybridized carbons (Fsp3) is 0.800. The normalized spacial score (nSPS) is 14.3. The lowest BCUT2D eigenvalue weighted by Crippen LogP contribution is -2.45. The van der Waals surface area contributed by atoms with E-state index in [1.54, 1.807) is 34.6 Å². The summed E-state index contributed by atoms with van der Waals surface area (Å²) in [6, 6.07) is 11.5. The Bertz CT molecular complexity index is 2310. The van der Waals surface area contributed by atoms with Crippen molar-refractivity contribution in [1.82, 2.24) is 31.9 Å². The van der Waals surface area contributed by atoms with Crippen LogP contribution in [0.5, 0.6) is 0 Å². The number of rotatable bonds is 43. The molecular formula is C80H151N7O10. The van der Waals surface area contributed by atoms with Gasteiger partial charge in [0.2, 0.25) is 5.91 Å². The third kappa shape index (κ3) is 57.9. The molecule has 9 atom stereocenters. The zero-order valence-corrected chi connectivity index (χ0v) is 67.8. The standard InChI is InChI=1S/C17H33NO2.C16H31NO2.C15H28N2O3.C13H19NO.C10H21NO.C9H19NO/c1-11(2)8-15(14(7)19)10-17(20)16(9-12(3)4)18-13(5)6;1-10(2)8-15(17-12(5)6)16(19)9-14(11(3)4)13(7)18;1-9(2)15(17-10(3)4)13(19)8-12(11(5)18)6-7-14(16)20;1-10(2)14-13(11(3)15)9-12-7-5-4-6-8-12;1-7(2)6-10(9(5)12)11-8(3)4;1-6(2)9(8(5)11)10-7(3)4/h11-13,15-16,18H,8-10H2,1-7H3;10-12,14-15,17H,8-9H2,1-7H3;9-10,12,15,17H,6-8H2,1-5H3,(H2,16,20);4-8,10,13-14H,9H2,1-3H3;7-8,10-11H,6H2,1-5H3;6-7,9-10H,1-5H3. The van der Waals surface area contributed by atoms with Crippen LogP contribution in [0, 0.1) is 59.2 Å². The number of carbonyl (C=O) groups is 10. The maximum Gasteiger partial charge on any atom is 0.217 e. The SMILES string of the molecule is CC(=O)C(CC(=O)C(CC(C)C)NC(C)C)C(C)C.CC(=O)C(CC(=O)C(CC(C)C)NC(C)C)CC(C)C.CC(=O)C(CC(C)C)NC(C)C.CC(=O)C(CCC(N)=O)CC(=O)C(NC(C)C)C(C)C.CC(=O)C(Cc1ccccc1)NC(C)C.CC(=O)C(NC(C)C)C(C)C. The van der Waals surface area contributed by atoms with E-state index in [4.69, 9.17) is 5.73 Å². The molecule has 0 bridgehead atoms. The minimum Gasteiger partial charge on any atom is -0.370 e. The van der Waals surface area contributed by atoms with Crippen molar-refractivity contribution in [1.29, 1.82) is 0 Å². The summed E-state index contributed by atoms with van der Waals surface area (Å²) >= 11 is 0. The predicted molar refractivity (Wildman–Crippen MR) is 407 cm³/mol. The molecule has 0 heterocycles. The maximum absolute atomic E-state index is 12.5. The van der Waals surface area contributed by atoms with Crippen LogP contribution >= 0.6 is 0 Å². The van der Waals surface area contributed by atoms with Gasteiger partial charge in [-0.25, -0.2) is 0 Å². The van der Waals surface area contributed by atoms with Crippen molar-refractivity contribution in [2.24, 2.45) is 64.9 Å². The first kappa shape index (κ1) is 101. The van der Waals surface area contributed by atoms with Crippen LogP contribution in [0.1, 0.15) is 285 Å². The van der Waals surface area contributed by atoms with Crippen LogP contribution in [0.2, 0.25) is 0 Å². The molecule has 0 spiro atoms. The molecule has 0 aliphatic rings. The second-order valence-electron chi connectivity index (χ2n) is 31.7. The topological polar surface area (TPSA) is 269 Å². The lowest BCUT2D eigenvalue weighted by molar-refractivity contribution is -0.129. The van der Waals surface area contributed by atoms with Crippen molar-refractivity contribution < 1.29 is 47.9 Å². The van der Waals surface area contributed by atoms with Crippen LogP contribution in [-0.2, 0) is 54.4 Å². The lowest BCUT2D eigenvalue weighted by atomic mass is 9.85. The number of hydrogen-bond donors (Lipinski definition) is 7. The fourth-order valence-corrected chi connectivity index (χ4v) is 11.0. The summed E-state index contributed by atoms with van der Waals surface area (Å²) in [6.45, 7) is 63.1. The zero-order chi connectivity index (χ0) is 76.9. The highest BCUT2D eigenvalue weighted by Crippen LogP contribution is 2.22. The van der Waals surface area contributed by atoms with Gasteiger partial charge in [0.15, 0.2) is 5.78 Å². The summed E-state index contributed by atoms with van der Waals surface area (Å²) in [5.41, 5.74) is 6.30. The van der Waals surface area contributed by atoms with E-state index in [0.717, 1.165) is 32.1 Å². The number of carbonyl (C=O) groups excluding carboxylic acids is 10. The molecule has 0 fully saturated rings. The van der Waals surface area contributed by atoms with Crippen molar-refractivity contribution in [3.8, 4) is 0 Å². The maximum atomic E-state index is 12.5. The van der Waals surface area contributed by atoms with Crippen molar-refractivity contribution in [3.05, 3.63) is 35.9 Å². The molecular weight excluding hydrogens is 1220 g/mol. The van der Waals surface area contributed by atoms with Gasteiger partial charge < -0.3 is 37.6 Å². The van der Waals surface area contributed by atoms with Gasteiger partial charge in [-0.2, -0.15) is 0 Å². The second kappa shape index (κ2) is 56.2. The molecule has 0 aliphatic heterocycles. The van der Waals surface area contributed by atoms with Crippen LogP contribution in [-0.4, -0.2) is 130 Å². The molecule has 8 N–H and O–H groups in total. The molecule has 1 aromatic rings. The molecule has 17 nitrogen and oxygen atoms in total. The Balaban J connectivity index is -0.000000354. The van der Waals surface area contributed by atoms with Crippen molar-refractivity contribution in [2.45, 2.75) is 358 Å². The third-order valence-electron chi connectivity index (χ3n) is 15.7. The molecule has 1 aromatic carbocycles. The van der Waals surface area contributed by atoms with E-state index < -0.39 is 11.8 Å².